The fourth-order valence-corrected chi connectivity index (χ4v) is 3.47. The van der Waals surface area contributed by atoms with Gasteiger partial charge in [-0.2, -0.15) is 0 Å². The first-order valence-electron chi connectivity index (χ1n) is 7.60. The number of nitrogens with zero attached hydrogens (tertiary/aromatic N) is 4. The summed E-state index contributed by atoms with van der Waals surface area (Å²) in [5.74, 6) is 2.62. The van der Waals surface area contributed by atoms with Crippen LogP contribution in [-0.2, 0) is 13.0 Å². The largest absolute Gasteiger partial charge is 0.396 e. The van der Waals surface area contributed by atoms with E-state index in [9.17, 15) is 5.11 Å². The van der Waals surface area contributed by atoms with Crippen LogP contribution in [0.4, 0.5) is 0 Å². The first-order valence-corrected chi connectivity index (χ1v) is 7.60. The molecule has 2 aliphatic heterocycles. The molecule has 2 unspecified atom stereocenters. The first-order chi connectivity index (χ1) is 9.33. The van der Waals surface area contributed by atoms with Gasteiger partial charge in [-0.05, 0) is 32.4 Å². The second-order valence-corrected chi connectivity index (χ2v) is 5.81. The summed E-state index contributed by atoms with van der Waals surface area (Å²) < 4.78 is 2.28. The molecule has 1 aromatic heterocycles. The minimum absolute atomic E-state index is 0.277. The molecule has 0 spiro atoms. The van der Waals surface area contributed by atoms with Crippen LogP contribution in [0.3, 0.4) is 0 Å². The van der Waals surface area contributed by atoms with Crippen LogP contribution in [-0.4, -0.2) is 44.5 Å². The number of piperidine rings is 1. The summed E-state index contributed by atoms with van der Waals surface area (Å²) in [6.07, 6.45) is 5.76. The Hall–Kier alpha value is -0.940. The highest BCUT2D eigenvalue weighted by molar-refractivity contribution is 5.05. The van der Waals surface area contributed by atoms with Crippen molar-refractivity contribution in [1.82, 2.24) is 19.7 Å². The molecular weight excluding hydrogens is 240 g/mol. The van der Waals surface area contributed by atoms with Gasteiger partial charge in [0.25, 0.3) is 0 Å². The zero-order chi connectivity index (χ0) is 13.2. The fourth-order valence-electron chi connectivity index (χ4n) is 3.47. The van der Waals surface area contributed by atoms with E-state index < -0.39 is 0 Å². The number of hydrogen-bond acceptors (Lipinski definition) is 4. The topological polar surface area (TPSA) is 54.2 Å². The SMILES string of the molecule is CCN1CCCCC1c1nnc2n1CC(CO)CC2. The van der Waals surface area contributed by atoms with E-state index in [4.69, 9.17) is 0 Å². The van der Waals surface area contributed by atoms with Gasteiger partial charge in [0, 0.05) is 25.5 Å². The molecule has 2 atom stereocenters. The molecule has 1 aromatic rings. The van der Waals surface area contributed by atoms with Crippen LogP contribution in [0.15, 0.2) is 0 Å². The summed E-state index contributed by atoms with van der Waals surface area (Å²) in [6, 6.07) is 0.428. The number of aromatic nitrogens is 3. The maximum absolute atomic E-state index is 9.39. The van der Waals surface area contributed by atoms with E-state index in [1.165, 1.54) is 25.8 Å². The molecule has 5 nitrogen and oxygen atoms in total. The van der Waals surface area contributed by atoms with Gasteiger partial charge in [-0.3, -0.25) is 4.90 Å². The van der Waals surface area contributed by atoms with E-state index in [-0.39, 0.29) is 6.61 Å². The lowest BCUT2D eigenvalue weighted by molar-refractivity contribution is 0.139. The Bertz CT molecular complexity index is 431. The Kier molecular flexibility index (Phi) is 3.84. The molecule has 0 amide bonds. The zero-order valence-electron chi connectivity index (χ0n) is 11.8. The normalized spacial score (nSPS) is 28.3. The van der Waals surface area contributed by atoms with E-state index in [2.05, 4.69) is 26.6 Å². The maximum Gasteiger partial charge on any atom is 0.150 e. The third-order valence-corrected chi connectivity index (χ3v) is 4.65. The Morgan fingerprint density at radius 2 is 2.16 bits per heavy atom. The van der Waals surface area contributed by atoms with Gasteiger partial charge in [0.2, 0.25) is 0 Å². The van der Waals surface area contributed by atoms with Gasteiger partial charge < -0.3 is 9.67 Å². The minimum atomic E-state index is 0.277. The molecule has 3 rings (SSSR count). The van der Waals surface area contributed by atoms with E-state index in [1.54, 1.807) is 0 Å². The third kappa shape index (κ3) is 2.41. The van der Waals surface area contributed by atoms with Crippen LogP contribution >= 0.6 is 0 Å². The van der Waals surface area contributed by atoms with Crippen LogP contribution in [0.25, 0.3) is 0 Å². The van der Waals surface area contributed by atoms with E-state index in [0.29, 0.717) is 12.0 Å². The molecule has 19 heavy (non-hydrogen) atoms. The molecule has 1 fully saturated rings. The van der Waals surface area contributed by atoms with Crippen molar-refractivity contribution in [2.45, 2.75) is 51.6 Å². The number of fused-ring (bicyclic) bond motifs is 1. The average molecular weight is 264 g/mol. The lowest BCUT2D eigenvalue weighted by atomic mass is 9.98. The quantitative estimate of drug-likeness (QED) is 0.896. The van der Waals surface area contributed by atoms with Gasteiger partial charge in [-0.1, -0.05) is 13.3 Å². The van der Waals surface area contributed by atoms with Gasteiger partial charge in [0.15, 0.2) is 0 Å². The van der Waals surface area contributed by atoms with E-state index >= 15 is 0 Å². The van der Waals surface area contributed by atoms with Crippen molar-refractivity contribution in [3.8, 4) is 0 Å². The molecule has 5 heteroatoms. The van der Waals surface area contributed by atoms with E-state index in [1.807, 2.05) is 0 Å². The smallest absolute Gasteiger partial charge is 0.150 e. The molecule has 2 aliphatic rings. The molecular formula is C14H24N4O. The molecule has 0 saturated carbocycles. The number of hydrogen-bond donors (Lipinski definition) is 1. The van der Waals surface area contributed by atoms with Gasteiger partial charge in [0.1, 0.15) is 11.6 Å². The lowest BCUT2D eigenvalue weighted by Crippen LogP contribution is -2.36. The Morgan fingerprint density at radius 3 is 2.95 bits per heavy atom. The number of likely N-dealkylation sites (tertiary alicyclic amines) is 1. The summed E-state index contributed by atoms with van der Waals surface area (Å²) in [6.45, 7) is 5.65. The summed E-state index contributed by atoms with van der Waals surface area (Å²) in [4.78, 5) is 2.52. The van der Waals surface area contributed by atoms with E-state index in [0.717, 1.165) is 37.6 Å². The standard InChI is InChI=1S/C14H24N4O/c1-2-17-8-4-3-5-12(17)14-16-15-13-7-6-11(10-19)9-18(13)14/h11-12,19H,2-10H2,1H3. The number of aryl methyl sites for hydroxylation is 1. The van der Waals surface area contributed by atoms with Gasteiger partial charge in [-0.15, -0.1) is 10.2 Å². The molecule has 0 aromatic carbocycles. The van der Waals surface area contributed by atoms with Crippen molar-refractivity contribution in [3.05, 3.63) is 11.6 Å². The van der Waals surface area contributed by atoms with Crippen LogP contribution in [0.5, 0.6) is 0 Å². The number of aliphatic hydroxyl groups excluding tert-OH is 1. The van der Waals surface area contributed by atoms with Crippen molar-refractivity contribution in [2.24, 2.45) is 5.92 Å². The monoisotopic (exact) mass is 264 g/mol. The molecule has 1 saturated heterocycles. The summed E-state index contributed by atoms with van der Waals surface area (Å²) in [5, 5.41) is 18.2. The van der Waals surface area contributed by atoms with Crippen molar-refractivity contribution in [2.75, 3.05) is 19.7 Å². The van der Waals surface area contributed by atoms with Crippen LogP contribution < -0.4 is 0 Å². The van der Waals surface area contributed by atoms with Crippen molar-refractivity contribution >= 4 is 0 Å². The molecule has 106 valence electrons. The minimum Gasteiger partial charge on any atom is -0.396 e. The van der Waals surface area contributed by atoms with Gasteiger partial charge >= 0.3 is 0 Å². The Labute approximate surface area is 114 Å². The molecule has 3 heterocycles. The predicted octanol–water partition coefficient (Wildman–Crippen LogP) is 1.38. The van der Waals surface area contributed by atoms with Gasteiger partial charge in [-0.25, -0.2) is 0 Å². The molecule has 1 N–H and O–H groups in total. The summed E-state index contributed by atoms with van der Waals surface area (Å²) >= 11 is 0. The van der Waals surface area contributed by atoms with Crippen molar-refractivity contribution in [1.29, 1.82) is 0 Å². The fraction of sp³-hybridized carbons (Fsp3) is 0.857. The molecule has 0 radical (unpaired) electrons. The third-order valence-electron chi connectivity index (χ3n) is 4.65. The number of rotatable bonds is 3. The van der Waals surface area contributed by atoms with Crippen LogP contribution in [0.2, 0.25) is 0 Å². The molecule has 0 aliphatic carbocycles. The Balaban J connectivity index is 1.86. The maximum atomic E-state index is 9.39. The second-order valence-electron chi connectivity index (χ2n) is 5.81. The Morgan fingerprint density at radius 1 is 1.26 bits per heavy atom. The average Bonchev–Trinajstić information content (AvgIpc) is 2.89. The van der Waals surface area contributed by atoms with Crippen molar-refractivity contribution in [3.63, 3.8) is 0 Å². The first kappa shape index (κ1) is 13.1. The lowest BCUT2D eigenvalue weighted by Gasteiger charge is -2.35. The zero-order valence-corrected chi connectivity index (χ0v) is 11.8. The number of aliphatic hydroxyl groups is 1. The summed E-state index contributed by atoms with van der Waals surface area (Å²) in [5.41, 5.74) is 0. The predicted molar refractivity (Wildman–Crippen MR) is 72.8 cm³/mol. The van der Waals surface area contributed by atoms with Crippen molar-refractivity contribution < 1.29 is 5.11 Å². The van der Waals surface area contributed by atoms with Crippen LogP contribution in [0, 0.1) is 5.92 Å². The second kappa shape index (κ2) is 5.59. The highest BCUT2D eigenvalue weighted by Crippen LogP contribution is 2.31. The summed E-state index contributed by atoms with van der Waals surface area (Å²) in [7, 11) is 0. The highest BCUT2D eigenvalue weighted by atomic mass is 16.3. The van der Waals surface area contributed by atoms with Crippen LogP contribution in [0.1, 0.15) is 50.3 Å². The molecule has 0 bridgehead atoms. The highest BCUT2D eigenvalue weighted by Gasteiger charge is 2.30. The van der Waals surface area contributed by atoms with Gasteiger partial charge in [0.05, 0.1) is 6.04 Å².